The molecule has 2 N–H and O–H groups in total. The maximum absolute atomic E-state index is 13.3. The van der Waals surface area contributed by atoms with Gasteiger partial charge in [0.25, 0.3) is 0 Å². The maximum atomic E-state index is 13.3. The van der Waals surface area contributed by atoms with Crippen LogP contribution >= 0.6 is 0 Å². The quantitative estimate of drug-likeness (QED) is 0.886. The molecule has 1 saturated heterocycles. The normalized spacial score (nSPS) is 21.6. The van der Waals surface area contributed by atoms with E-state index < -0.39 is 23.9 Å². The molecule has 0 amide bonds. The van der Waals surface area contributed by atoms with Gasteiger partial charge in [-0.25, -0.2) is 0 Å². The number of alkyl halides is 3. The van der Waals surface area contributed by atoms with Crippen LogP contribution in [0.1, 0.15) is 34.7 Å². The van der Waals surface area contributed by atoms with E-state index in [0.29, 0.717) is 13.1 Å². The first-order valence-corrected chi connectivity index (χ1v) is 8.15. The van der Waals surface area contributed by atoms with Gasteiger partial charge in [0.05, 0.1) is 18.3 Å². The summed E-state index contributed by atoms with van der Waals surface area (Å²) in [6, 6.07) is 12.4. The molecule has 1 fully saturated rings. The predicted octanol–water partition coefficient (Wildman–Crippen LogP) is 3.51. The van der Waals surface area contributed by atoms with Gasteiger partial charge in [-0.15, -0.1) is 0 Å². The molecule has 0 radical (unpaired) electrons. The molecular formula is C19H20F3NO2. The van der Waals surface area contributed by atoms with Crippen LogP contribution in [-0.4, -0.2) is 27.8 Å². The van der Waals surface area contributed by atoms with Crippen LogP contribution < -0.4 is 0 Å². The van der Waals surface area contributed by atoms with E-state index in [-0.39, 0.29) is 18.6 Å². The number of halogens is 3. The molecule has 2 aromatic rings. The molecule has 0 aromatic heterocycles. The fraction of sp³-hybridized carbons (Fsp3) is 0.368. The number of nitrogens with zero attached hydrogens (tertiary/aromatic N) is 1. The highest BCUT2D eigenvalue weighted by molar-refractivity contribution is 5.33. The van der Waals surface area contributed by atoms with Gasteiger partial charge in [0.2, 0.25) is 0 Å². The standard InChI is InChI=1S/C19H20F3NO2/c20-19(21,22)17-4-2-1-3-16(17)18-9-15(25)11-23(18)10-13-5-7-14(12-24)8-6-13/h1-8,15,18,24-25H,9-12H2/t15-,18+/m0/s1. The van der Waals surface area contributed by atoms with Crippen molar-refractivity contribution in [3.63, 3.8) is 0 Å². The molecule has 0 unspecified atom stereocenters. The Kier molecular flexibility index (Phi) is 5.13. The summed E-state index contributed by atoms with van der Waals surface area (Å²) in [5.41, 5.74) is 1.28. The van der Waals surface area contributed by atoms with E-state index in [2.05, 4.69) is 0 Å². The van der Waals surface area contributed by atoms with Crippen molar-refractivity contribution in [3.8, 4) is 0 Å². The summed E-state index contributed by atoms with van der Waals surface area (Å²) in [5, 5.41) is 19.1. The summed E-state index contributed by atoms with van der Waals surface area (Å²) in [7, 11) is 0. The van der Waals surface area contributed by atoms with Gasteiger partial charge >= 0.3 is 6.18 Å². The Labute approximate surface area is 144 Å². The fourth-order valence-electron chi connectivity index (χ4n) is 3.41. The number of hydrogen-bond donors (Lipinski definition) is 2. The lowest BCUT2D eigenvalue weighted by Crippen LogP contribution is -2.26. The summed E-state index contributed by atoms with van der Waals surface area (Å²) in [5.74, 6) is 0. The van der Waals surface area contributed by atoms with Crippen LogP contribution in [0.15, 0.2) is 48.5 Å². The second kappa shape index (κ2) is 7.15. The largest absolute Gasteiger partial charge is 0.416 e. The lowest BCUT2D eigenvalue weighted by Gasteiger charge is -2.27. The second-order valence-corrected chi connectivity index (χ2v) is 6.39. The molecule has 6 heteroatoms. The van der Waals surface area contributed by atoms with Crippen LogP contribution in [0.3, 0.4) is 0 Å². The number of benzene rings is 2. The van der Waals surface area contributed by atoms with Gasteiger partial charge < -0.3 is 10.2 Å². The number of rotatable bonds is 4. The average Bonchev–Trinajstić information content (AvgIpc) is 2.95. The third-order valence-electron chi connectivity index (χ3n) is 4.60. The third kappa shape index (κ3) is 4.03. The van der Waals surface area contributed by atoms with E-state index in [4.69, 9.17) is 5.11 Å². The highest BCUT2D eigenvalue weighted by Gasteiger charge is 2.39. The van der Waals surface area contributed by atoms with Gasteiger partial charge in [-0.1, -0.05) is 42.5 Å². The molecule has 1 heterocycles. The number of aliphatic hydroxyl groups is 2. The zero-order valence-corrected chi connectivity index (χ0v) is 13.6. The molecule has 134 valence electrons. The zero-order chi connectivity index (χ0) is 18.0. The van der Waals surface area contributed by atoms with E-state index in [1.807, 2.05) is 17.0 Å². The minimum absolute atomic E-state index is 0.0513. The first kappa shape index (κ1) is 17.9. The van der Waals surface area contributed by atoms with Crippen molar-refractivity contribution in [1.29, 1.82) is 0 Å². The molecule has 0 spiro atoms. The van der Waals surface area contributed by atoms with E-state index in [1.54, 1.807) is 18.2 Å². The monoisotopic (exact) mass is 351 g/mol. The van der Waals surface area contributed by atoms with E-state index >= 15 is 0 Å². The molecule has 3 rings (SSSR count). The molecule has 2 atom stereocenters. The van der Waals surface area contributed by atoms with E-state index in [1.165, 1.54) is 12.1 Å². The summed E-state index contributed by atoms with van der Waals surface area (Å²) in [6.07, 6.45) is -4.79. The number of β-amino-alcohol motifs (C(OH)–C–C–N with tert-alkyl or cyclic N) is 1. The van der Waals surface area contributed by atoms with Gasteiger partial charge in [-0.2, -0.15) is 13.2 Å². The molecule has 2 aromatic carbocycles. The fourth-order valence-corrected chi connectivity index (χ4v) is 3.41. The molecule has 0 saturated carbocycles. The Hall–Kier alpha value is -1.89. The molecule has 0 aliphatic carbocycles. The van der Waals surface area contributed by atoms with Crippen LogP contribution in [0.4, 0.5) is 13.2 Å². The first-order valence-electron chi connectivity index (χ1n) is 8.15. The van der Waals surface area contributed by atoms with Gasteiger partial charge in [-0.3, -0.25) is 4.90 Å². The van der Waals surface area contributed by atoms with Crippen LogP contribution in [-0.2, 0) is 19.3 Å². The SMILES string of the molecule is OCc1ccc(CN2C[C@@H](O)C[C@@H]2c2ccccc2C(F)(F)F)cc1. The molecular weight excluding hydrogens is 331 g/mol. The summed E-state index contributed by atoms with van der Waals surface area (Å²) >= 11 is 0. The van der Waals surface area contributed by atoms with Gasteiger partial charge in [0.15, 0.2) is 0 Å². The van der Waals surface area contributed by atoms with Crippen molar-refractivity contribution in [2.24, 2.45) is 0 Å². The van der Waals surface area contributed by atoms with Crippen molar-refractivity contribution in [2.45, 2.75) is 37.9 Å². The number of likely N-dealkylation sites (tertiary alicyclic amines) is 1. The lowest BCUT2D eigenvalue weighted by atomic mass is 9.97. The summed E-state index contributed by atoms with van der Waals surface area (Å²) in [6.45, 7) is 0.725. The minimum atomic E-state index is -4.42. The second-order valence-electron chi connectivity index (χ2n) is 6.39. The smallest absolute Gasteiger partial charge is 0.392 e. The van der Waals surface area contributed by atoms with Crippen molar-refractivity contribution in [3.05, 3.63) is 70.8 Å². The van der Waals surface area contributed by atoms with Gasteiger partial charge in [-0.05, 0) is 29.2 Å². The Bertz CT molecular complexity index is 715. The molecule has 3 nitrogen and oxygen atoms in total. The Balaban J connectivity index is 1.87. The van der Waals surface area contributed by atoms with Crippen molar-refractivity contribution >= 4 is 0 Å². The first-order chi connectivity index (χ1) is 11.9. The van der Waals surface area contributed by atoms with Crippen molar-refractivity contribution in [2.75, 3.05) is 6.54 Å². The predicted molar refractivity (Wildman–Crippen MR) is 87.6 cm³/mol. The molecule has 25 heavy (non-hydrogen) atoms. The Morgan fingerprint density at radius 2 is 1.64 bits per heavy atom. The molecule has 0 bridgehead atoms. The molecule has 1 aliphatic rings. The van der Waals surface area contributed by atoms with Crippen LogP contribution in [0.2, 0.25) is 0 Å². The Morgan fingerprint density at radius 3 is 2.28 bits per heavy atom. The third-order valence-corrected chi connectivity index (χ3v) is 4.60. The summed E-state index contributed by atoms with van der Waals surface area (Å²) in [4.78, 5) is 1.88. The van der Waals surface area contributed by atoms with Gasteiger partial charge in [0, 0.05) is 19.1 Å². The molecule has 1 aliphatic heterocycles. The Morgan fingerprint density at radius 1 is 1.00 bits per heavy atom. The van der Waals surface area contributed by atoms with E-state index in [0.717, 1.165) is 17.2 Å². The van der Waals surface area contributed by atoms with Crippen LogP contribution in [0.25, 0.3) is 0 Å². The number of aliphatic hydroxyl groups excluding tert-OH is 2. The highest BCUT2D eigenvalue weighted by Crippen LogP contribution is 2.40. The topological polar surface area (TPSA) is 43.7 Å². The van der Waals surface area contributed by atoms with Gasteiger partial charge in [0.1, 0.15) is 0 Å². The minimum Gasteiger partial charge on any atom is -0.392 e. The highest BCUT2D eigenvalue weighted by atomic mass is 19.4. The van der Waals surface area contributed by atoms with E-state index in [9.17, 15) is 18.3 Å². The van der Waals surface area contributed by atoms with Crippen LogP contribution in [0.5, 0.6) is 0 Å². The van der Waals surface area contributed by atoms with Crippen molar-refractivity contribution in [1.82, 2.24) is 4.90 Å². The van der Waals surface area contributed by atoms with Crippen molar-refractivity contribution < 1.29 is 23.4 Å². The zero-order valence-electron chi connectivity index (χ0n) is 13.6. The maximum Gasteiger partial charge on any atom is 0.416 e. The average molecular weight is 351 g/mol. The van der Waals surface area contributed by atoms with Crippen LogP contribution in [0, 0.1) is 0 Å². The summed E-state index contributed by atoms with van der Waals surface area (Å²) < 4.78 is 40.0. The number of hydrogen-bond acceptors (Lipinski definition) is 3. The lowest BCUT2D eigenvalue weighted by molar-refractivity contribution is -0.138.